The molecule has 0 aliphatic heterocycles. The third-order valence-electron chi connectivity index (χ3n) is 2.28. The van der Waals surface area contributed by atoms with Gasteiger partial charge in [-0.25, -0.2) is 0 Å². The lowest BCUT2D eigenvalue weighted by atomic mass is 10.0. The van der Waals surface area contributed by atoms with Crippen LogP contribution in [0.25, 0.3) is 10.8 Å². The molecule has 1 nitrogen and oxygen atoms in total. The lowest BCUT2D eigenvalue weighted by Gasteiger charge is -2.04. The Labute approximate surface area is 83.0 Å². The summed E-state index contributed by atoms with van der Waals surface area (Å²) < 4.78 is 0. The van der Waals surface area contributed by atoms with Gasteiger partial charge in [0.05, 0.1) is 0 Å². The Morgan fingerprint density at radius 1 is 1.07 bits per heavy atom. The second kappa shape index (κ2) is 3.43. The van der Waals surface area contributed by atoms with E-state index in [4.69, 9.17) is 6.42 Å². The van der Waals surface area contributed by atoms with Crippen LogP contribution in [0.2, 0.25) is 0 Å². The average molecular weight is 182 g/mol. The summed E-state index contributed by atoms with van der Waals surface area (Å²) in [6.07, 6.45) is 5.88. The predicted octanol–water partition coefficient (Wildman–Crippen LogP) is 2.72. The van der Waals surface area contributed by atoms with E-state index in [9.17, 15) is 5.11 Å². The van der Waals surface area contributed by atoms with Crippen molar-refractivity contribution in [1.82, 2.24) is 0 Å². The summed E-state index contributed by atoms with van der Waals surface area (Å²) in [5, 5.41) is 11.5. The van der Waals surface area contributed by atoms with Gasteiger partial charge >= 0.3 is 0 Å². The smallest absolute Gasteiger partial charge is 0.123 e. The van der Waals surface area contributed by atoms with Crippen LogP contribution in [0.5, 0.6) is 5.75 Å². The molecule has 0 saturated heterocycles. The molecule has 0 amide bonds. The standard InChI is InChI=1S/C13H10O/c1-2-5-10-8-9-13(14)12-7-4-3-6-11(10)12/h1,3-4,6-9,14H,5H2. The summed E-state index contributed by atoms with van der Waals surface area (Å²) in [5.74, 6) is 2.92. The summed E-state index contributed by atoms with van der Waals surface area (Å²) in [4.78, 5) is 0. The van der Waals surface area contributed by atoms with Gasteiger partial charge in [-0.1, -0.05) is 30.3 Å². The molecule has 0 radical (unpaired) electrons. The van der Waals surface area contributed by atoms with Gasteiger partial charge in [-0.15, -0.1) is 12.3 Å². The Hall–Kier alpha value is -1.94. The molecule has 0 heterocycles. The van der Waals surface area contributed by atoms with Gasteiger partial charge in [0, 0.05) is 11.8 Å². The molecule has 2 aromatic rings. The van der Waals surface area contributed by atoms with Gasteiger partial charge in [0.1, 0.15) is 5.75 Å². The predicted molar refractivity (Wildman–Crippen MR) is 58.1 cm³/mol. The number of hydrogen-bond donors (Lipinski definition) is 1. The van der Waals surface area contributed by atoms with Crippen molar-refractivity contribution in [3.63, 3.8) is 0 Å². The first-order chi connectivity index (χ1) is 6.83. The van der Waals surface area contributed by atoms with Crippen molar-refractivity contribution in [2.45, 2.75) is 6.42 Å². The Morgan fingerprint density at radius 2 is 1.79 bits per heavy atom. The Kier molecular flexibility index (Phi) is 2.12. The number of benzene rings is 2. The zero-order valence-electron chi connectivity index (χ0n) is 7.70. The van der Waals surface area contributed by atoms with Gasteiger partial charge < -0.3 is 5.11 Å². The Bertz CT molecular complexity index is 506. The molecule has 0 atom stereocenters. The van der Waals surface area contributed by atoms with Crippen molar-refractivity contribution in [2.75, 3.05) is 0 Å². The second-order valence-electron chi connectivity index (χ2n) is 3.17. The third-order valence-corrected chi connectivity index (χ3v) is 2.28. The molecule has 2 rings (SSSR count). The number of aromatic hydroxyl groups is 1. The van der Waals surface area contributed by atoms with Crippen LogP contribution in [0.1, 0.15) is 5.56 Å². The largest absolute Gasteiger partial charge is 0.507 e. The molecular weight excluding hydrogens is 172 g/mol. The van der Waals surface area contributed by atoms with E-state index in [1.165, 1.54) is 0 Å². The van der Waals surface area contributed by atoms with E-state index in [2.05, 4.69) is 5.92 Å². The molecule has 0 spiro atoms. The Balaban J connectivity index is 2.76. The van der Waals surface area contributed by atoms with Crippen LogP contribution in [0.3, 0.4) is 0 Å². The number of phenols is 1. The topological polar surface area (TPSA) is 20.2 Å². The fourth-order valence-corrected chi connectivity index (χ4v) is 1.61. The van der Waals surface area contributed by atoms with Crippen molar-refractivity contribution in [2.24, 2.45) is 0 Å². The van der Waals surface area contributed by atoms with Gasteiger partial charge in [-0.2, -0.15) is 0 Å². The van der Waals surface area contributed by atoms with Gasteiger partial charge in [-0.3, -0.25) is 0 Å². The summed E-state index contributed by atoms with van der Waals surface area (Å²) in [5.41, 5.74) is 1.08. The molecule has 0 aliphatic carbocycles. The zero-order chi connectivity index (χ0) is 9.97. The summed E-state index contributed by atoms with van der Waals surface area (Å²) in [6, 6.07) is 11.3. The van der Waals surface area contributed by atoms with Crippen molar-refractivity contribution in [3.05, 3.63) is 42.0 Å². The first-order valence-electron chi connectivity index (χ1n) is 4.46. The van der Waals surface area contributed by atoms with Crippen molar-refractivity contribution < 1.29 is 5.11 Å². The lowest BCUT2D eigenvalue weighted by molar-refractivity contribution is 0.481. The van der Waals surface area contributed by atoms with Gasteiger partial charge in [0.2, 0.25) is 0 Å². The highest BCUT2D eigenvalue weighted by molar-refractivity contribution is 5.90. The van der Waals surface area contributed by atoms with E-state index in [1.54, 1.807) is 6.07 Å². The minimum Gasteiger partial charge on any atom is -0.507 e. The highest BCUT2D eigenvalue weighted by atomic mass is 16.3. The van der Waals surface area contributed by atoms with E-state index in [0.29, 0.717) is 12.2 Å². The number of fused-ring (bicyclic) bond motifs is 1. The van der Waals surface area contributed by atoms with E-state index < -0.39 is 0 Å². The highest BCUT2D eigenvalue weighted by Gasteiger charge is 2.02. The maximum Gasteiger partial charge on any atom is 0.123 e. The first-order valence-corrected chi connectivity index (χ1v) is 4.46. The minimum absolute atomic E-state index is 0.307. The van der Waals surface area contributed by atoms with Crippen LogP contribution in [-0.4, -0.2) is 5.11 Å². The van der Waals surface area contributed by atoms with Crippen LogP contribution in [-0.2, 0) is 6.42 Å². The number of hydrogen-bond acceptors (Lipinski definition) is 1. The minimum atomic E-state index is 0.307. The summed E-state index contributed by atoms with van der Waals surface area (Å²) in [6.45, 7) is 0. The maximum atomic E-state index is 9.61. The van der Waals surface area contributed by atoms with Crippen LogP contribution in [0.15, 0.2) is 36.4 Å². The van der Waals surface area contributed by atoms with E-state index in [1.807, 2.05) is 30.3 Å². The van der Waals surface area contributed by atoms with Crippen LogP contribution in [0, 0.1) is 12.3 Å². The lowest BCUT2D eigenvalue weighted by Crippen LogP contribution is -1.84. The average Bonchev–Trinajstić information content (AvgIpc) is 2.23. The van der Waals surface area contributed by atoms with Crippen LogP contribution < -0.4 is 0 Å². The summed E-state index contributed by atoms with van der Waals surface area (Å²) >= 11 is 0. The number of terminal acetylenes is 1. The fourth-order valence-electron chi connectivity index (χ4n) is 1.61. The highest BCUT2D eigenvalue weighted by Crippen LogP contribution is 2.27. The SMILES string of the molecule is C#CCc1ccc(O)c2ccccc12. The number of phenolic OH excluding ortho intramolecular Hbond substituents is 1. The molecule has 0 aromatic heterocycles. The quantitative estimate of drug-likeness (QED) is 0.672. The first kappa shape index (κ1) is 8.65. The van der Waals surface area contributed by atoms with E-state index in [-0.39, 0.29) is 0 Å². The molecule has 0 bridgehead atoms. The molecule has 0 aliphatic rings. The second-order valence-corrected chi connectivity index (χ2v) is 3.17. The third kappa shape index (κ3) is 1.31. The molecule has 1 heteroatoms. The normalized spacial score (nSPS) is 9.93. The van der Waals surface area contributed by atoms with E-state index in [0.717, 1.165) is 16.3 Å². The zero-order valence-corrected chi connectivity index (χ0v) is 7.70. The monoisotopic (exact) mass is 182 g/mol. The van der Waals surface area contributed by atoms with Crippen LogP contribution >= 0.6 is 0 Å². The van der Waals surface area contributed by atoms with Crippen molar-refractivity contribution in [1.29, 1.82) is 0 Å². The van der Waals surface area contributed by atoms with Gasteiger partial charge in [-0.05, 0) is 17.0 Å². The maximum absolute atomic E-state index is 9.61. The van der Waals surface area contributed by atoms with Gasteiger partial charge in [0.25, 0.3) is 0 Å². The summed E-state index contributed by atoms with van der Waals surface area (Å²) in [7, 11) is 0. The van der Waals surface area contributed by atoms with Crippen molar-refractivity contribution in [3.8, 4) is 18.1 Å². The molecule has 0 unspecified atom stereocenters. The number of rotatable bonds is 1. The molecule has 2 aromatic carbocycles. The molecule has 0 saturated carbocycles. The fraction of sp³-hybridized carbons (Fsp3) is 0.0769. The Morgan fingerprint density at radius 3 is 2.50 bits per heavy atom. The molecule has 1 N–H and O–H groups in total. The molecular formula is C13H10O. The van der Waals surface area contributed by atoms with E-state index >= 15 is 0 Å². The van der Waals surface area contributed by atoms with Gasteiger partial charge in [0.15, 0.2) is 0 Å². The van der Waals surface area contributed by atoms with Crippen LogP contribution in [0.4, 0.5) is 0 Å². The van der Waals surface area contributed by atoms with Crippen molar-refractivity contribution >= 4 is 10.8 Å². The molecule has 68 valence electrons. The molecule has 14 heavy (non-hydrogen) atoms. The molecule has 0 fully saturated rings.